The third-order valence-corrected chi connectivity index (χ3v) is 4.65. The average Bonchev–Trinajstić information content (AvgIpc) is 3.16. The highest BCUT2D eigenvalue weighted by Gasteiger charge is 2.47. The first-order valence-electron chi connectivity index (χ1n) is 8.93. The van der Waals surface area contributed by atoms with E-state index in [4.69, 9.17) is 4.74 Å². The Bertz CT molecular complexity index is 1050. The largest absolute Gasteiger partial charge is 0.466 e. The Kier molecular flexibility index (Phi) is 4.35. The summed E-state index contributed by atoms with van der Waals surface area (Å²) < 4.78 is 7.59. The van der Waals surface area contributed by atoms with Crippen molar-refractivity contribution in [1.29, 1.82) is 0 Å². The zero-order valence-electron chi connectivity index (χ0n) is 15.6. The molecule has 2 heterocycles. The van der Waals surface area contributed by atoms with E-state index in [1.54, 1.807) is 23.0 Å². The van der Waals surface area contributed by atoms with Crippen LogP contribution >= 0.6 is 0 Å². The molecule has 0 aliphatic carbocycles. The smallest absolute Gasteiger partial charge is 0.278 e. The van der Waals surface area contributed by atoms with Gasteiger partial charge in [-0.25, -0.2) is 0 Å². The minimum absolute atomic E-state index is 0.468. The molecular formula is C21H20N4O3. The number of aromatic nitrogens is 2. The second-order valence-electron chi connectivity index (χ2n) is 6.95. The first kappa shape index (κ1) is 17.8. The molecule has 0 radical (unpaired) electrons. The maximum atomic E-state index is 12.9. The predicted octanol–water partition coefficient (Wildman–Crippen LogP) is 2.97. The number of rotatable bonds is 4. The first-order valence-corrected chi connectivity index (χ1v) is 8.93. The monoisotopic (exact) mass is 376 g/mol. The van der Waals surface area contributed by atoms with Gasteiger partial charge in [-0.1, -0.05) is 18.2 Å². The van der Waals surface area contributed by atoms with E-state index in [9.17, 15) is 9.59 Å². The summed E-state index contributed by atoms with van der Waals surface area (Å²) in [5, 5.41) is 9.73. The van der Waals surface area contributed by atoms with Crippen molar-refractivity contribution in [3.05, 3.63) is 72.1 Å². The molecule has 2 N–H and O–H groups in total. The van der Waals surface area contributed by atoms with Crippen molar-refractivity contribution < 1.29 is 14.3 Å². The lowest BCUT2D eigenvalue weighted by Crippen LogP contribution is -2.56. The zero-order chi connectivity index (χ0) is 19.7. The number of benzene rings is 2. The predicted molar refractivity (Wildman–Crippen MR) is 105 cm³/mol. The van der Waals surface area contributed by atoms with Crippen LogP contribution < -0.4 is 15.4 Å². The standard InChI is InChI=1S/C21H20N4O3/c1-14-7-8-18-17(11-14)24-20(27)21(2,28-18)19(26)23-16-6-3-5-15(12-16)13-25-10-4-9-22-25/h3-12H,13H2,1-2H3,(H,23,26)(H,24,27). The number of ether oxygens (including phenoxy) is 1. The van der Waals surface area contributed by atoms with E-state index in [2.05, 4.69) is 15.7 Å². The Morgan fingerprint density at radius 1 is 1.25 bits per heavy atom. The average molecular weight is 376 g/mol. The van der Waals surface area contributed by atoms with Crippen LogP contribution in [-0.4, -0.2) is 27.2 Å². The molecule has 0 bridgehead atoms. The van der Waals surface area contributed by atoms with E-state index in [-0.39, 0.29) is 0 Å². The molecule has 0 fully saturated rings. The maximum Gasteiger partial charge on any atom is 0.278 e. The quantitative estimate of drug-likeness (QED) is 0.686. The number of fused-ring (bicyclic) bond motifs is 1. The number of hydrogen-bond acceptors (Lipinski definition) is 4. The SMILES string of the molecule is Cc1ccc2c(c1)NC(=O)C(C)(C(=O)Nc1cccc(Cn3cccn3)c1)O2. The third-order valence-electron chi connectivity index (χ3n) is 4.65. The normalized spacial score (nSPS) is 18.0. The van der Waals surface area contributed by atoms with Gasteiger partial charge in [0.1, 0.15) is 5.75 Å². The molecule has 142 valence electrons. The highest BCUT2D eigenvalue weighted by atomic mass is 16.5. The van der Waals surface area contributed by atoms with Crippen molar-refractivity contribution in [2.75, 3.05) is 10.6 Å². The van der Waals surface area contributed by atoms with Crippen LogP contribution in [0.15, 0.2) is 60.9 Å². The Morgan fingerprint density at radius 2 is 2.11 bits per heavy atom. The number of carbonyl (C=O) groups is 2. The van der Waals surface area contributed by atoms with Crippen molar-refractivity contribution in [2.45, 2.75) is 26.0 Å². The van der Waals surface area contributed by atoms with Gasteiger partial charge in [0.05, 0.1) is 12.2 Å². The summed E-state index contributed by atoms with van der Waals surface area (Å²) in [4.78, 5) is 25.5. The Hall–Kier alpha value is -3.61. The lowest BCUT2D eigenvalue weighted by molar-refractivity contribution is -0.143. The summed E-state index contributed by atoms with van der Waals surface area (Å²) in [5.41, 5.74) is 1.45. The first-order chi connectivity index (χ1) is 13.4. The van der Waals surface area contributed by atoms with Crippen LogP contribution in [0.5, 0.6) is 5.75 Å². The fraction of sp³-hybridized carbons (Fsp3) is 0.190. The molecule has 4 rings (SSSR count). The van der Waals surface area contributed by atoms with Gasteiger partial charge in [0, 0.05) is 18.1 Å². The van der Waals surface area contributed by atoms with Gasteiger partial charge >= 0.3 is 0 Å². The number of aryl methyl sites for hydroxylation is 1. The number of hydrogen-bond donors (Lipinski definition) is 2. The molecule has 2 aromatic carbocycles. The van der Waals surface area contributed by atoms with Gasteiger partial charge in [-0.15, -0.1) is 0 Å². The third kappa shape index (κ3) is 3.34. The molecule has 1 aliphatic heterocycles. The molecule has 28 heavy (non-hydrogen) atoms. The van der Waals surface area contributed by atoms with Gasteiger partial charge in [-0.2, -0.15) is 5.10 Å². The van der Waals surface area contributed by atoms with Crippen molar-refractivity contribution in [1.82, 2.24) is 9.78 Å². The van der Waals surface area contributed by atoms with Crippen molar-refractivity contribution in [2.24, 2.45) is 0 Å². The topological polar surface area (TPSA) is 85.3 Å². The molecule has 7 nitrogen and oxygen atoms in total. The van der Waals surface area contributed by atoms with E-state index >= 15 is 0 Å². The summed E-state index contributed by atoms with van der Waals surface area (Å²) in [6, 6.07) is 14.7. The molecule has 7 heteroatoms. The van der Waals surface area contributed by atoms with Crippen LogP contribution in [0.3, 0.4) is 0 Å². The number of anilines is 2. The Morgan fingerprint density at radius 3 is 2.89 bits per heavy atom. The summed E-state index contributed by atoms with van der Waals surface area (Å²) in [7, 11) is 0. The van der Waals surface area contributed by atoms with Gasteiger partial charge < -0.3 is 15.4 Å². The minimum atomic E-state index is -1.67. The molecule has 3 aromatic rings. The van der Waals surface area contributed by atoms with Crippen LogP contribution in [0.4, 0.5) is 11.4 Å². The van der Waals surface area contributed by atoms with Gasteiger partial charge in [0.25, 0.3) is 17.4 Å². The second-order valence-corrected chi connectivity index (χ2v) is 6.95. The van der Waals surface area contributed by atoms with E-state index in [1.165, 1.54) is 6.92 Å². The lowest BCUT2D eigenvalue weighted by atomic mass is 10.0. The summed E-state index contributed by atoms with van der Waals surface area (Å²) in [6.45, 7) is 3.97. The van der Waals surface area contributed by atoms with Gasteiger partial charge in [-0.3, -0.25) is 14.3 Å². The summed E-state index contributed by atoms with van der Waals surface area (Å²) >= 11 is 0. The fourth-order valence-corrected chi connectivity index (χ4v) is 3.07. The molecule has 0 spiro atoms. The lowest BCUT2D eigenvalue weighted by Gasteiger charge is -2.33. The zero-order valence-corrected chi connectivity index (χ0v) is 15.6. The summed E-state index contributed by atoms with van der Waals surface area (Å²) in [6.07, 6.45) is 3.58. The van der Waals surface area contributed by atoms with Crippen LogP contribution in [0.2, 0.25) is 0 Å². The van der Waals surface area contributed by atoms with Gasteiger partial charge in [0.15, 0.2) is 0 Å². The minimum Gasteiger partial charge on any atom is -0.466 e. The molecule has 1 aromatic heterocycles. The summed E-state index contributed by atoms with van der Waals surface area (Å²) in [5.74, 6) is -0.571. The van der Waals surface area contributed by atoms with E-state index in [0.717, 1.165) is 11.1 Å². The molecular weight excluding hydrogens is 356 g/mol. The molecule has 2 amide bonds. The fourth-order valence-electron chi connectivity index (χ4n) is 3.07. The molecule has 1 atom stereocenters. The van der Waals surface area contributed by atoms with E-state index < -0.39 is 17.4 Å². The number of nitrogens with one attached hydrogen (secondary N) is 2. The van der Waals surface area contributed by atoms with Crippen molar-refractivity contribution in [3.63, 3.8) is 0 Å². The Balaban J connectivity index is 1.53. The number of carbonyl (C=O) groups excluding carboxylic acids is 2. The molecule has 0 saturated heterocycles. The highest BCUT2D eigenvalue weighted by molar-refractivity contribution is 6.19. The highest BCUT2D eigenvalue weighted by Crippen LogP contribution is 2.34. The van der Waals surface area contributed by atoms with Gasteiger partial charge in [0.2, 0.25) is 0 Å². The van der Waals surface area contributed by atoms with Crippen LogP contribution in [0.25, 0.3) is 0 Å². The Labute approximate surface area is 162 Å². The van der Waals surface area contributed by atoms with Crippen LogP contribution in [0.1, 0.15) is 18.1 Å². The van der Waals surface area contributed by atoms with E-state index in [0.29, 0.717) is 23.7 Å². The maximum absolute atomic E-state index is 12.9. The second kappa shape index (κ2) is 6.84. The van der Waals surface area contributed by atoms with Crippen molar-refractivity contribution in [3.8, 4) is 5.75 Å². The van der Waals surface area contributed by atoms with Crippen LogP contribution in [0, 0.1) is 6.92 Å². The molecule has 1 aliphatic rings. The van der Waals surface area contributed by atoms with E-state index in [1.807, 2.05) is 49.5 Å². The number of nitrogens with zero attached hydrogens (tertiary/aromatic N) is 2. The van der Waals surface area contributed by atoms with Crippen LogP contribution in [-0.2, 0) is 16.1 Å². The number of amides is 2. The van der Waals surface area contributed by atoms with Gasteiger partial charge in [-0.05, 0) is 55.3 Å². The molecule has 0 saturated carbocycles. The van der Waals surface area contributed by atoms with Crippen molar-refractivity contribution >= 4 is 23.2 Å². The molecule has 1 unspecified atom stereocenters.